The van der Waals surface area contributed by atoms with E-state index in [1.807, 2.05) is 141 Å². The molecule has 2 aromatic carbocycles. The maximum absolute atomic E-state index is 14.6. The van der Waals surface area contributed by atoms with Gasteiger partial charge in [0.05, 0.1) is 21.7 Å². The zero-order valence-corrected chi connectivity index (χ0v) is 56.6. The number of nitrogens with zero attached hydrogens (tertiary/aromatic N) is 2. The van der Waals surface area contributed by atoms with Crippen LogP contribution in [-0.2, 0) is 54.6 Å². The summed E-state index contributed by atoms with van der Waals surface area (Å²) in [4.78, 5) is 64.6. The molecular weight excluding hydrogens is 1090 g/mol. The van der Waals surface area contributed by atoms with E-state index in [-0.39, 0.29) is 45.9 Å². The first kappa shape index (κ1) is 67.0. The molecule has 0 radical (unpaired) electrons. The van der Waals surface area contributed by atoms with Gasteiger partial charge in [0.1, 0.15) is 16.8 Å². The highest BCUT2D eigenvalue weighted by Crippen LogP contribution is 2.60. The van der Waals surface area contributed by atoms with E-state index in [0.29, 0.717) is 49.9 Å². The van der Waals surface area contributed by atoms with Crippen LogP contribution in [0.3, 0.4) is 0 Å². The first-order valence-corrected chi connectivity index (χ1v) is 34.2. The lowest BCUT2D eigenvalue weighted by atomic mass is 9.54. The summed E-state index contributed by atoms with van der Waals surface area (Å²) in [5.41, 5.74) is -0.835. The van der Waals surface area contributed by atoms with Gasteiger partial charge in [-0.05, 0) is 303 Å². The minimum Gasteiger partial charge on any atom is -0.460 e. The van der Waals surface area contributed by atoms with Gasteiger partial charge in [0.15, 0.2) is 5.60 Å². The van der Waals surface area contributed by atoms with Crippen molar-refractivity contribution >= 4 is 23.9 Å². The number of rotatable bonds is 25. The molecule has 4 atom stereocenters. The number of esters is 4. The topological polar surface area (TPSA) is 131 Å². The van der Waals surface area contributed by atoms with Gasteiger partial charge in [-0.3, -0.25) is 29.1 Å². The molecule has 0 amide bonds. The molecule has 8 aliphatic carbocycles. The third-order valence-corrected chi connectivity index (χ3v) is 23.4. The zero-order chi connectivity index (χ0) is 63.6. The molecule has 0 aliphatic heterocycles. The van der Waals surface area contributed by atoms with Crippen molar-refractivity contribution < 1.29 is 38.1 Å². The highest BCUT2D eigenvalue weighted by atomic mass is 16.6. The molecule has 0 saturated heterocycles. The third kappa shape index (κ3) is 15.3. The first-order chi connectivity index (χ1) is 41.4. The molecule has 88 heavy (non-hydrogen) atoms. The average Bonchev–Trinajstić information content (AvgIpc) is 0.799. The molecule has 2 heterocycles. The Morgan fingerprint density at radius 1 is 0.386 bits per heavy atom. The van der Waals surface area contributed by atoms with Crippen LogP contribution in [0, 0.1) is 57.2 Å². The lowest BCUT2D eigenvalue weighted by molar-refractivity contribution is -0.199. The quantitative estimate of drug-likeness (QED) is 0.0467. The van der Waals surface area contributed by atoms with Crippen LogP contribution in [0.2, 0.25) is 0 Å². The van der Waals surface area contributed by atoms with Gasteiger partial charge in [-0.2, -0.15) is 0 Å². The Morgan fingerprint density at radius 2 is 0.682 bits per heavy atom. The Morgan fingerprint density at radius 3 is 0.977 bits per heavy atom. The van der Waals surface area contributed by atoms with E-state index in [4.69, 9.17) is 18.9 Å². The fraction of sp³-hybridized carbons (Fsp3) is 0.667. The van der Waals surface area contributed by atoms with Gasteiger partial charge in [0.25, 0.3) is 0 Å². The second kappa shape index (κ2) is 26.1. The third-order valence-electron chi connectivity index (χ3n) is 23.4. The summed E-state index contributed by atoms with van der Waals surface area (Å²) < 4.78 is 25.7. The second-order valence-corrected chi connectivity index (χ2v) is 32.8. The molecule has 10 nitrogen and oxygen atoms in total. The predicted octanol–water partition coefficient (Wildman–Crippen LogP) is 18.6. The van der Waals surface area contributed by atoms with Crippen molar-refractivity contribution in [3.63, 3.8) is 0 Å². The normalized spacial score (nSPS) is 27.3. The molecule has 4 aromatic rings. The van der Waals surface area contributed by atoms with Crippen LogP contribution in [0.25, 0.3) is 0 Å². The average molecular weight is 1200 g/mol. The number of carbonyl (C=O) groups is 4. The van der Waals surface area contributed by atoms with Crippen LogP contribution in [0.4, 0.5) is 0 Å². The molecule has 0 N–H and O–H groups in total. The van der Waals surface area contributed by atoms with Crippen LogP contribution in [0.5, 0.6) is 0 Å². The Kier molecular flexibility index (Phi) is 19.9. The van der Waals surface area contributed by atoms with Gasteiger partial charge in [-0.15, -0.1) is 0 Å². The van der Waals surface area contributed by atoms with E-state index in [1.165, 1.54) is 49.7 Å². The minimum atomic E-state index is -0.953. The minimum absolute atomic E-state index is 0.0578. The number of hydrogen-bond donors (Lipinski definition) is 0. The van der Waals surface area contributed by atoms with Crippen molar-refractivity contribution in [3.8, 4) is 0 Å². The highest BCUT2D eigenvalue weighted by Gasteiger charge is 2.57. The fourth-order valence-corrected chi connectivity index (χ4v) is 17.2. The Hall–Kier alpha value is -5.38. The summed E-state index contributed by atoms with van der Waals surface area (Å²) in [6, 6.07) is 28.3. The maximum atomic E-state index is 14.6. The van der Waals surface area contributed by atoms with Gasteiger partial charge >= 0.3 is 23.9 Å². The summed E-state index contributed by atoms with van der Waals surface area (Å²) in [7, 11) is 0. The van der Waals surface area contributed by atoms with Crippen molar-refractivity contribution in [1.82, 2.24) is 9.97 Å². The first-order valence-electron chi connectivity index (χ1n) is 34.2. The Bertz CT molecular complexity index is 2900. The summed E-state index contributed by atoms with van der Waals surface area (Å²) in [6.07, 6.45) is 28.7. The summed E-state index contributed by atoms with van der Waals surface area (Å²) in [6.45, 7) is 28.7. The number of benzene rings is 2. The zero-order valence-electron chi connectivity index (χ0n) is 56.6. The monoisotopic (exact) mass is 1200 g/mol. The molecule has 10 heteroatoms. The lowest BCUT2D eigenvalue weighted by Crippen LogP contribution is -2.54. The van der Waals surface area contributed by atoms with Crippen molar-refractivity contribution in [2.75, 3.05) is 0 Å². The number of pyridine rings is 2. The van der Waals surface area contributed by atoms with Crippen molar-refractivity contribution in [2.24, 2.45) is 57.2 Å². The fourth-order valence-electron chi connectivity index (χ4n) is 17.2. The van der Waals surface area contributed by atoms with Crippen LogP contribution >= 0.6 is 0 Å². The van der Waals surface area contributed by atoms with Crippen LogP contribution in [0.15, 0.2) is 110 Å². The van der Waals surface area contributed by atoms with Gasteiger partial charge in [0.2, 0.25) is 0 Å². The molecule has 8 saturated carbocycles. The van der Waals surface area contributed by atoms with E-state index in [0.717, 1.165) is 99.5 Å². The van der Waals surface area contributed by atoms with Crippen molar-refractivity contribution in [3.05, 3.63) is 132 Å². The Labute approximate surface area is 530 Å². The second-order valence-electron chi connectivity index (χ2n) is 32.8. The maximum Gasteiger partial charge on any atom is 0.312 e. The van der Waals surface area contributed by atoms with E-state index < -0.39 is 32.9 Å². The van der Waals surface area contributed by atoms with E-state index >= 15 is 0 Å². The van der Waals surface area contributed by atoms with Crippen LogP contribution in [0.1, 0.15) is 260 Å². The van der Waals surface area contributed by atoms with E-state index in [1.54, 1.807) is 0 Å². The molecule has 0 spiro atoms. The summed E-state index contributed by atoms with van der Waals surface area (Å²) >= 11 is 0. The molecular formula is C78H110N2O8. The van der Waals surface area contributed by atoms with Crippen LogP contribution < -0.4 is 0 Å². The van der Waals surface area contributed by atoms with Crippen LogP contribution in [-0.4, -0.2) is 50.6 Å². The SMILES string of the molecule is CCC(C)(CCC(C)(CCC(C)(C)C(=O)OC(C)(C)C)C(=O)OC12CC3CC(CC(C3)C1)C2)c1ccncc1.CCC(C)(CCC(C)(CCC(C)(C)C(=O)OC(C)(c1ccccc1)c1ccccc1)C(=O)OC12CC3CC(CC(C3)C1)C2)c1ccncc1. The van der Waals surface area contributed by atoms with Gasteiger partial charge in [0, 0.05) is 24.8 Å². The van der Waals surface area contributed by atoms with Gasteiger partial charge < -0.3 is 18.9 Å². The van der Waals surface area contributed by atoms with E-state index in [2.05, 4.69) is 75.8 Å². The molecule has 2 aromatic heterocycles. The number of aromatic nitrogens is 2. The van der Waals surface area contributed by atoms with Crippen molar-refractivity contribution in [1.29, 1.82) is 0 Å². The molecule has 480 valence electrons. The Balaban J connectivity index is 0.000000215. The van der Waals surface area contributed by atoms with Gasteiger partial charge in [-0.1, -0.05) is 88.4 Å². The molecule has 4 unspecified atom stereocenters. The standard InChI is InChI=1S/C44H57NO4.C34H53NO4/c1-7-41(4,35-18-24-45-25-19-35)22-23-42(5,39(47)49-44-29-32-26-33(30-44)28-34(27-32)31-44)21-20-40(2,3)38(46)48-43(6,36-14-10-8-11-15-36)37-16-12-9-13-17-37;1-9-32(7,27-10-16-35-17-11-27)14-15-33(8,13-12-31(5,6)28(36)38-30(2,3)4)29(37)39-34-21-24-18-25(22-34)20-26(19-24)23-34/h8-19,24-25,32-34H,7,20-23,26-31H2,1-6H3;10-11,16-17,24-26H,9,12-15,18-23H2,1-8H3. The van der Waals surface area contributed by atoms with Crippen molar-refractivity contribution in [2.45, 2.75) is 271 Å². The smallest absolute Gasteiger partial charge is 0.312 e. The molecule has 8 aliphatic rings. The molecule has 8 fully saturated rings. The number of ether oxygens (including phenoxy) is 4. The molecule has 8 bridgehead atoms. The predicted molar refractivity (Wildman–Crippen MR) is 350 cm³/mol. The number of carbonyl (C=O) groups excluding carboxylic acids is 4. The van der Waals surface area contributed by atoms with Gasteiger partial charge in [-0.25, -0.2) is 0 Å². The summed E-state index contributed by atoms with van der Waals surface area (Å²) in [5.74, 6) is 3.62. The highest BCUT2D eigenvalue weighted by molar-refractivity contribution is 5.80. The lowest BCUT2D eigenvalue weighted by Gasteiger charge is -2.56. The number of hydrogen-bond acceptors (Lipinski definition) is 10. The largest absolute Gasteiger partial charge is 0.460 e. The van der Waals surface area contributed by atoms with E-state index in [9.17, 15) is 19.2 Å². The molecule has 12 rings (SSSR count). The summed E-state index contributed by atoms with van der Waals surface area (Å²) in [5, 5.41) is 0.